The third kappa shape index (κ3) is 3.19. The molecule has 2 heterocycles. The van der Waals surface area contributed by atoms with Crippen LogP contribution in [0.2, 0.25) is 0 Å². The number of hydrogen-bond acceptors (Lipinski definition) is 5. The van der Waals surface area contributed by atoms with Crippen LogP contribution in [0.5, 0.6) is 0 Å². The molecule has 0 spiro atoms. The molecule has 1 N–H and O–H groups in total. The molecular weight excluding hydrogens is 321 g/mol. The van der Waals surface area contributed by atoms with Gasteiger partial charge in [0.1, 0.15) is 11.6 Å². The Hall–Kier alpha value is -2.54. The second kappa shape index (κ2) is 6.76. The number of nitrogens with zero attached hydrogens (tertiary/aromatic N) is 4. The lowest BCUT2D eigenvalue weighted by atomic mass is 9.93. The van der Waals surface area contributed by atoms with Crippen LogP contribution >= 0.6 is 0 Å². The molecule has 1 aliphatic rings. The van der Waals surface area contributed by atoms with Crippen molar-refractivity contribution >= 4 is 11.5 Å². The van der Waals surface area contributed by atoms with Crippen LogP contribution in [0.3, 0.4) is 0 Å². The molecule has 7 heteroatoms. The highest BCUT2D eigenvalue weighted by Gasteiger charge is 2.22. The minimum absolute atomic E-state index is 0.291. The molecule has 1 saturated carbocycles. The molecule has 0 amide bonds. The van der Waals surface area contributed by atoms with Crippen molar-refractivity contribution < 1.29 is 9.13 Å². The number of rotatable bonds is 4. The van der Waals surface area contributed by atoms with Crippen LogP contribution in [0.15, 0.2) is 36.4 Å². The Bertz CT molecular complexity index is 881. The maximum absolute atomic E-state index is 14.1. The smallest absolute Gasteiger partial charge is 0.188 e. The third-order valence-electron chi connectivity index (χ3n) is 4.69. The maximum atomic E-state index is 14.1. The van der Waals surface area contributed by atoms with Gasteiger partial charge in [-0.3, -0.25) is 0 Å². The number of fused-ring (bicyclic) bond motifs is 1. The summed E-state index contributed by atoms with van der Waals surface area (Å²) in [4.78, 5) is 0. The molecule has 25 heavy (non-hydrogen) atoms. The second-order valence-corrected chi connectivity index (χ2v) is 6.36. The maximum Gasteiger partial charge on any atom is 0.188 e. The first kappa shape index (κ1) is 16.0. The molecule has 1 aliphatic carbocycles. The fraction of sp³-hybridized carbons (Fsp3) is 0.389. The zero-order chi connectivity index (χ0) is 17.2. The van der Waals surface area contributed by atoms with E-state index in [9.17, 15) is 4.39 Å². The number of benzene rings is 1. The van der Waals surface area contributed by atoms with Gasteiger partial charge < -0.3 is 10.1 Å². The predicted octanol–water partition coefficient (Wildman–Crippen LogP) is 3.30. The fourth-order valence-corrected chi connectivity index (χ4v) is 3.38. The lowest BCUT2D eigenvalue weighted by Gasteiger charge is -2.29. The molecule has 2 unspecified atom stereocenters. The monoisotopic (exact) mass is 341 g/mol. The van der Waals surface area contributed by atoms with Crippen LogP contribution in [0.4, 0.5) is 10.2 Å². The number of nitrogens with one attached hydrogen (secondary N) is 1. The molecule has 1 fully saturated rings. The summed E-state index contributed by atoms with van der Waals surface area (Å²) in [7, 11) is 1.76. The van der Waals surface area contributed by atoms with Crippen molar-refractivity contribution in [1.82, 2.24) is 19.8 Å². The van der Waals surface area contributed by atoms with Crippen molar-refractivity contribution in [1.29, 1.82) is 0 Å². The predicted molar refractivity (Wildman–Crippen MR) is 92.9 cm³/mol. The van der Waals surface area contributed by atoms with E-state index < -0.39 is 0 Å². The van der Waals surface area contributed by atoms with E-state index in [0.717, 1.165) is 31.5 Å². The minimum atomic E-state index is -0.341. The summed E-state index contributed by atoms with van der Waals surface area (Å²) < 4.78 is 21.2. The van der Waals surface area contributed by atoms with Crippen molar-refractivity contribution in [2.24, 2.45) is 0 Å². The molecule has 0 radical (unpaired) electrons. The van der Waals surface area contributed by atoms with Gasteiger partial charge >= 0.3 is 0 Å². The Labute approximate surface area is 145 Å². The van der Waals surface area contributed by atoms with Crippen molar-refractivity contribution in [3.05, 3.63) is 42.2 Å². The lowest BCUT2D eigenvalue weighted by molar-refractivity contribution is 0.0669. The molecule has 1 aromatic carbocycles. The van der Waals surface area contributed by atoms with E-state index in [-0.39, 0.29) is 5.82 Å². The molecule has 0 saturated heterocycles. The van der Waals surface area contributed by atoms with Crippen LogP contribution in [-0.2, 0) is 4.74 Å². The van der Waals surface area contributed by atoms with Crippen LogP contribution in [-0.4, -0.2) is 39.1 Å². The number of aromatic nitrogens is 4. The van der Waals surface area contributed by atoms with Gasteiger partial charge in [-0.15, -0.1) is 15.3 Å². The van der Waals surface area contributed by atoms with E-state index in [1.54, 1.807) is 29.8 Å². The summed E-state index contributed by atoms with van der Waals surface area (Å²) in [5.41, 5.74) is 0.971. The van der Waals surface area contributed by atoms with Crippen molar-refractivity contribution in [2.75, 3.05) is 12.4 Å². The standard InChI is InChI=1S/C18H20FN5O/c1-25-13-6-4-5-12(11-13)20-16-9-10-17-21-22-18(24(17)23-16)14-7-2-3-8-15(14)19/h2-3,7-10,12-13H,4-6,11H2,1H3,(H,20,23). The molecule has 4 rings (SSSR count). The first-order valence-electron chi connectivity index (χ1n) is 8.51. The zero-order valence-corrected chi connectivity index (χ0v) is 14.0. The summed E-state index contributed by atoms with van der Waals surface area (Å²) in [6, 6.07) is 10.5. The highest BCUT2D eigenvalue weighted by Crippen LogP contribution is 2.24. The average Bonchev–Trinajstić information content (AvgIpc) is 3.05. The molecule has 3 aromatic rings. The van der Waals surface area contributed by atoms with E-state index in [0.29, 0.717) is 29.2 Å². The van der Waals surface area contributed by atoms with Gasteiger partial charge in [-0.05, 0) is 49.9 Å². The first-order valence-corrected chi connectivity index (χ1v) is 8.51. The molecule has 0 bridgehead atoms. The van der Waals surface area contributed by atoms with E-state index in [4.69, 9.17) is 4.74 Å². The van der Waals surface area contributed by atoms with Crippen LogP contribution < -0.4 is 5.32 Å². The van der Waals surface area contributed by atoms with E-state index in [1.165, 1.54) is 6.07 Å². The van der Waals surface area contributed by atoms with Gasteiger partial charge in [0.15, 0.2) is 11.5 Å². The molecule has 130 valence electrons. The molecule has 6 nitrogen and oxygen atoms in total. The first-order chi connectivity index (χ1) is 12.2. The summed E-state index contributed by atoms with van der Waals surface area (Å²) in [6.45, 7) is 0. The van der Waals surface area contributed by atoms with Crippen molar-refractivity contribution in [3.63, 3.8) is 0 Å². The summed E-state index contributed by atoms with van der Waals surface area (Å²) in [5, 5.41) is 16.2. The van der Waals surface area contributed by atoms with Crippen LogP contribution in [0.25, 0.3) is 17.0 Å². The summed E-state index contributed by atoms with van der Waals surface area (Å²) >= 11 is 0. The highest BCUT2D eigenvalue weighted by molar-refractivity contribution is 5.60. The normalized spacial score (nSPS) is 20.7. The second-order valence-electron chi connectivity index (χ2n) is 6.36. The Balaban J connectivity index is 1.64. The van der Waals surface area contributed by atoms with Gasteiger partial charge in [0.05, 0.1) is 11.7 Å². The van der Waals surface area contributed by atoms with E-state index in [2.05, 4.69) is 20.6 Å². The SMILES string of the molecule is COC1CCCC(Nc2ccc3nnc(-c4ccccc4F)n3n2)C1. The Morgan fingerprint density at radius 1 is 1.16 bits per heavy atom. The van der Waals surface area contributed by atoms with Gasteiger partial charge in [-0.2, -0.15) is 4.52 Å². The number of ether oxygens (including phenoxy) is 1. The van der Waals surface area contributed by atoms with Crippen LogP contribution in [0, 0.1) is 5.82 Å². The third-order valence-corrected chi connectivity index (χ3v) is 4.69. The van der Waals surface area contributed by atoms with Crippen molar-refractivity contribution in [3.8, 4) is 11.4 Å². The van der Waals surface area contributed by atoms with Gasteiger partial charge in [-0.25, -0.2) is 4.39 Å². The molecule has 0 aliphatic heterocycles. The topological polar surface area (TPSA) is 64.3 Å². The average molecular weight is 341 g/mol. The van der Waals surface area contributed by atoms with Gasteiger partial charge in [0.25, 0.3) is 0 Å². The van der Waals surface area contributed by atoms with Gasteiger partial charge in [-0.1, -0.05) is 12.1 Å². The highest BCUT2D eigenvalue weighted by atomic mass is 19.1. The number of halogens is 1. The quantitative estimate of drug-likeness (QED) is 0.789. The molecule has 2 atom stereocenters. The Morgan fingerprint density at radius 2 is 2.04 bits per heavy atom. The summed E-state index contributed by atoms with van der Waals surface area (Å²) in [6.07, 6.45) is 4.56. The molecule has 2 aromatic heterocycles. The van der Waals surface area contributed by atoms with Gasteiger partial charge in [0.2, 0.25) is 0 Å². The fourth-order valence-electron chi connectivity index (χ4n) is 3.38. The largest absolute Gasteiger partial charge is 0.381 e. The lowest BCUT2D eigenvalue weighted by Crippen LogP contribution is -2.31. The molecular formula is C18H20FN5O. The van der Waals surface area contributed by atoms with E-state index in [1.807, 2.05) is 12.1 Å². The van der Waals surface area contributed by atoms with E-state index >= 15 is 0 Å². The minimum Gasteiger partial charge on any atom is -0.381 e. The number of methoxy groups -OCH3 is 1. The number of hydrogen-bond donors (Lipinski definition) is 1. The zero-order valence-electron chi connectivity index (χ0n) is 14.0. The van der Waals surface area contributed by atoms with Crippen LogP contribution in [0.1, 0.15) is 25.7 Å². The Morgan fingerprint density at radius 3 is 2.88 bits per heavy atom. The van der Waals surface area contributed by atoms with Gasteiger partial charge in [0, 0.05) is 13.2 Å². The number of anilines is 1. The summed E-state index contributed by atoms with van der Waals surface area (Å²) in [5.74, 6) is 0.786. The van der Waals surface area contributed by atoms with Crippen molar-refractivity contribution in [2.45, 2.75) is 37.8 Å². The Kier molecular flexibility index (Phi) is 4.31.